The van der Waals surface area contributed by atoms with Crippen molar-refractivity contribution in [1.82, 2.24) is 4.98 Å². The van der Waals surface area contributed by atoms with Gasteiger partial charge in [-0.3, -0.25) is 10.1 Å². The van der Waals surface area contributed by atoms with E-state index in [1.54, 1.807) is 45.2 Å². The zero-order chi connectivity index (χ0) is 23.3. The minimum atomic E-state index is -0.708. The lowest BCUT2D eigenvalue weighted by Crippen LogP contribution is -2.13. The zero-order valence-electron chi connectivity index (χ0n) is 17.8. The van der Waals surface area contributed by atoms with E-state index in [-0.39, 0.29) is 30.0 Å². The van der Waals surface area contributed by atoms with Crippen LogP contribution in [0.25, 0.3) is 22.5 Å². The van der Waals surface area contributed by atoms with Gasteiger partial charge in [0, 0.05) is 12.1 Å². The van der Waals surface area contributed by atoms with Crippen LogP contribution in [0.3, 0.4) is 0 Å². The first-order chi connectivity index (χ1) is 15.4. The number of nitro benzene ring substituents is 1. The van der Waals surface area contributed by atoms with Crippen LogP contribution in [0, 0.1) is 10.1 Å². The van der Waals surface area contributed by atoms with Crippen LogP contribution in [0.15, 0.2) is 48.5 Å². The van der Waals surface area contributed by atoms with E-state index in [1.165, 1.54) is 24.3 Å². The number of nitrogens with zero attached hydrogens (tertiary/aromatic N) is 1. The van der Waals surface area contributed by atoms with Crippen molar-refractivity contribution in [1.29, 1.82) is 0 Å². The molecular formula is C23H22N2O7. The lowest BCUT2D eigenvalue weighted by atomic mass is 10.0. The van der Waals surface area contributed by atoms with Gasteiger partial charge in [-0.25, -0.2) is 9.59 Å². The molecule has 0 spiro atoms. The minimum Gasteiger partial charge on any atom is -0.497 e. The molecule has 0 aliphatic carbocycles. The number of benzene rings is 2. The van der Waals surface area contributed by atoms with Gasteiger partial charge in [0.15, 0.2) is 0 Å². The van der Waals surface area contributed by atoms with Crippen LogP contribution in [0.2, 0.25) is 0 Å². The van der Waals surface area contributed by atoms with Crippen LogP contribution in [-0.2, 0) is 9.47 Å². The molecule has 3 rings (SSSR count). The summed E-state index contributed by atoms with van der Waals surface area (Å²) >= 11 is 0. The van der Waals surface area contributed by atoms with Gasteiger partial charge >= 0.3 is 11.9 Å². The van der Waals surface area contributed by atoms with E-state index in [4.69, 9.17) is 14.2 Å². The largest absolute Gasteiger partial charge is 0.497 e. The maximum absolute atomic E-state index is 12.9. The number of carbonyl (C=O) groups excluding carboxylic acids is 2. The summed E-state index contributed by atoms with van der Waals surface area (Å²) in [6.07, 6.45) is 0. The molecule has 0 saturated carbocycles. The highest BCUT2D eigenvalue weighted by Crippen LogP contribution is 2.36. The van der Waals surface area contributed by atoms with Crippen molar-refractivity contribution < 1.29 is 28.7 Å². The second kappa shape index (κ2) is 9.78. The number of non-ortho nitro benzene ring substituents is 1. The number of carbonyl (C=O) groups is 2. The number of nitrogens with one attached hydrogen (secondary N) is 1. The van der Waals surface area contributed by atoms with E-state index in [9.17, 15) is 19.7 Å². The van der Waals surface area contributed by atoms with Gasteiger partial charge in [0.2, 0.25) is 0 Å². The Balaban J connectivity index is 2.27. The fraction of sp³-hybridized carbons (Fsp3) is 0.217. The highest BCUT2D eigenvalue weighted by molar-refractivity contribution is 6.11. The average Bonchev–Trinajstić information content (AvgIpc) is 3.20. The lowest BCUT2D eigenvalue weighted by molar-refractivity contribution is -0.384. The predicted octanol–water partition coefficient (Wildman–Crippen LogP) is 4.62. The Kier molecular flexibility index (Phi) is 6.89. The molecule has 1 N–H and O–H groups in total. The van der Waals surface area contributed by atoms with E-state index < -0.39 is 16.9 Å². The Morgan fingerprint density at radius 1 is 0.844 bits per heavy atom. The van der Waals surface area contributed by atoms with E-state index in [1.807, 2.05) is 0 Å². The molecule has 0 aliphatic rings. The molecular weight excluding hydrogens is 416 g/mol. The van der Waals surface area contributed by atoms with E-state index >= 15 is 0 Å². The third kappa shape index (κ3) is 4.46. The Bertz CT molecular complexity index is 1130. The van der Waals surface area contributed by atoms with Crippen molar-refractivity contribution in [2.75, 3.05) is 20.3 Å². The number of aromatic nitrogens is 1. The maximum Gasteiger partial charge on any atom is 0.341 e. The molecule has 0 aliphatic heterocycles. The van der Waals surface area contributed by atoms with Crippen LogP contribution in [-0.4, -0.2) is 42.2 Å². The van der Waals surface area contributed by atoms with Crippen molar-refractivity contribution in [2.45, 2.75) is 13.8 Å². The van der Waals surface area contributed by atoms with Crippen molar-refractivity contribution in [3.63, 3.8) is 0 Å². The fourth-order valence-corrected chi connectivity index (χ4v) is 3.26. The molecule has 0 atom stereocenters. The molecule has 0 unspecified atom stereocenters. The van der Waals surface area contributed by atoms with Crippen molar-refractivity contribution in [2.24, 2.45) is 0 Å². The van der Waals surface area contributed by atoms with E-state index in [0.717, 1.165) is 0 Å². The highest BCUT2D eigenvalue weighted by atomic mass is 16.6. The van der Waals surface area contributed by atoms with Gasteiger partial charge < -0.3 is 19.2 Å². The number of nitro groups is 1. The topological polar surface area (TPSA) is 121 Å². The highest BCUT2D eigenvalue weighted by Gasteiger charge is 2.31. The molecule has 0 fully saturated rings. The minimum absolute atomic E-state index is 0.00460. The normalized spacial score (nSPS) is 10.5. The summed E-state index contributed by atoms with van der Waals surface area (Å²) in [5.41, 5.74) is 1.69. The molecule has 0 amide bonds. The second-order valence-electron chi connectivity index (χ2n) is 6.60. The molecule has 2 aromatic carbocycles. The first-order valence-corrected chi connectivity index (χ1v) is 9.90. The first-order valence-electron chi connectivity index (χ1n) is 9.90. The first kappa shape index (κ1) is 22.5. The second-order valence-corrected chi connectivity index (χ2v) is 6.60. The molecule has 32 heavy (non-hydrogen) atoms. The summed E-state index contributed by atoms with van der Waals surface area (Å²) in [7, 11) is 1.54. The molecule has 9 heteroatoms. The van der Waals surface area contributed by atoms with Gasteiger partial charge in [-0.15, -0.1) is 0 Å². The Morgan fingerprint density at radius 3 is 1.66 bits per heavy atom. The third-order valence-electron chi connectivity index (χ3n) is 4.70. The van der Waals surface area contributed by atoms with Crippen LogP contribution in [0.4, 0.5) is 5.69 Å². The van der Waals surface area contributed by atoms with Crippen LogP contribution in [0.1, 0.15) is 34.6 Å². The molecule has 0 radical (unpaired) electrons. The number of H-pyrrole nitrogens is 1. The van der Waals surface area contributed by atoms with Crippen molar-refractivity contribution in [3.05, 3.63) is 69.8 Å². The summed E-state index contributed by atoms with van der Waals surface area (Å²) in [6, 6.07) is 12.6. The summed E-state index contributed by atoms with van der Waals surface area (Å²) in [5, 5.41) is 11.0. The SMILES string of the molecule is CCOC(=O)c1c(-c2ccc(OC)cc2)[nH]c(-c2ccc([N+](=O)[O-])cc2)c1C(=O)OCC. The molecule has 1 aromatic heterocycles. The quantitative estimate of drug-likeness (QED) is 0.309. The number of rotatable bonds is 8. The Labute approximate surface area is 184 Å². The molecule has 166 valence electrons. The summed E-state index contributed by atoms with van der Waals surface area (Å²) in [4.78, 5) is 39.5. The van der Waals surface area contributed by atoms with Gasteiger partial charge in [0.05, 0.1) is 36.6 Å². The molecule has 3 aromatic rings. The number of hydrogen-bond acceptors (Lipinski definition) is 7. The van der Waals surface area contributed by atoms with E-state index in [2.05, 4.69) is 4.98 Å². The van der Waals surface area contributed by atoms with Gasteiger partial charge in [-0.1, -0.05) is 0 Å². The summed E-state index contributed by atoms with van der Waals surface area (Å²) < 4.78 is 15.6. The van der Waals surface area contributed by atoms with Gasteiger partial charge in [0.25, 0.3) is 5.69 Å². The standard InChI is InChI=1S/C23H22N2O7/c1-4-31-22(26)18-19(23(27)32-5-2)21(15-8-12-17(30-3)13-9-15)24-20(18)14-6-10-16(11-7-14)25(28)29/h6-13,24H,4-5H2,1-3H3. The number of esters is 2. The number of hydrogen-bond donors (Lipinski definition) is 1. The summed E-state index contributed by atoms with van der Waals surface area (Å²) in [5.74, 6) is -0.773. The predicted molar refractivity (Wildman–Crippen MR) is 117 cm³/mol. The third-order valence-corrected chi connectivity index (χ3v) is 4.70. The molecule has 0 saturated heterocycles. The number of methoxy groups -OCH3 is 1. The summed E-state index contributed by atoms with van der Waals surface area (Å²) in [6.45, 7) is 3.54. The maximum atomic E-state index is 12.9. The smallest absolute Gasteiger partial charge is 0.341 e. The lowest BCUT2D eigenvalue weighted by Gasteiger charge is -2.08. The van der Waals surface area contributed by atoms with Crippen LogP contribution >= 0.6 is 0 Å². The molecule has 9 nitrogen and oxygen atoms in total. The van der Waals surface area contributed by atoms with Crippen molar-refractivity contribution in [3.8, 4) is 28.3 Å². The van der Waals surface area contributed by atoms with Gasteiger partial charge in [-0.2, -0.15) is 0 Å². The zero-order valence-corrected chi connectivity index (χ0v) is 17.8. The van der Waals surface area contributed by atoms with Crippen LogP contribution in [0.5, 0.6) is 5.75 Å². The Morgan fingerprint density at radius 2 is 1.28 bits per heavy atom. The Hall–Kier alpha value is -4.14. The van der Waals surface area contributed by atoms with Crippen LogP contribution < -0.4 is 4.74 Å². The van der Waals surface area contributed by atoms with Gasteiger partial charge in [0.1, 0.15) is 16.9 Å². The molecule has 1 heterocycles. The van der Waals surface area contributed by atoms with Gasteiger partial charge in [-0.05, 0) is 61.4 Å². The monoisotopic (exact) mass is 438 g/mol. The number of aromatic amines is 1. The fourth-order valence-electron chi connectivity index (χ4n) is 3.26. The number of ether oxygens (including phenoxy) is 3. The van der Waals surface area contributed by atoms with E-state index in [0.29, 0.717) is 28.3 Å². The average molecular weight is 438 g/mol. The van der Waals surface area contributed by atoms with Crippen molar-refractivity contribution >= 4 is 17.6 Å². The molecule has 0 bridgehead atoms.